The van der Waals surface area contributed by atoms with Gasteiger partial charge in [-0.3, -0.25) is 9.59 Å². The van der Waals surface area contributed by atoms with E-state index in [0.29, 0.717) is 45.6 Å². The van der Waals surface area contributed by atoms with Gasteiger partial charge in [0.15, 0.2) is 0 Å². The van der Waals surface area contributed by atoms with Gasteiger partial charge in [0.2, 0.25) is 5.91 Å². The van der Waals surface area contributed by atoms with Crippen LogP contribution in [0, 0.1) is 28.6 Å². The monoisotopic (exact) mass is 415 g/mol. The molecule has 6 aliphatic rings. The molecule has 1 spiro atoms. The largest absolute Gasteiger partial charge is 0.455 e. The third kappa shape index (κ3) is 2.02. The third-order valence-corrected chi connectivity index (χ3v) is 9.28. The second-order valence-corrected chi connectivity index (χ2v) is 10.5. The summed E-state index contributed by atoms with van der Waals surface area (Å²) in [5, 5.41) is 22.3. The minimum Gasteiger partial charge on any atom is -0.455 e. The summed E-state index contributed by atoms with van der Waals surface area (Å²) in [4.78, 5) is 28.9. The number of esters is 1. The molecule has 2 heterocycles. The van der Waals surface area contributed by atoms with Crippen LogP contribution >= 0.6 is 0 Å². The van der Waals surface area contributed by atoms with Crippen LogP contribution in [-0.2, 0) is 19.1 Å². The first-order valence-corrected chi connectivity index (χ1v) is 11.1. The van der Waals surface area contributed by atoms with Crippen molar-refractivity contribution in [3.8, 4) is 0 Å². The smallest absolute Gasteiger partial charge is 0.315 e. The molecule has 1 amide bonds. The van der Waals surface area contributed by atoms with E-state index in [0.717, 1.165) is 17.6 Å². The number of allylic oxidation sites excluding steroid dienone is 1. The van der Waals surface area contributed by atoms with Crippen molar-refractivity contribution in [3.05, 3.63) is 23.8 Å². The van der Waals surface area contributed by atoms with E-state index in [4.69, 9.17) is 9.47 Å². The number of nitrogens with zero attached hydrogens (tertiary/aromatic N) is 1. The summed E-state index contributed by atoms with van der Waals surface area (Å²) in [5.41, 5.74) is -0.643. The molecule has 7 heteroatoms. The molecule has 2 saturated heterocycles. The quantitative estimate of drug-likeness (QED) is 0.486. The van der Waals surface area contributed by atoms with Crippen molar-refractivity contribution in [2.24, 2.45) is 28.6 Å². The highest BCUT2D eigenvalue weighted by Crippen LogP contribution is 2.74. The number of carbonyl (C=O) groups excluding carboxylic acids is 2. The van der Waals surface area contributed by atoms with E-state index >= 15 is 0 Å². The Labute approximate surface area is 175 Å². The lowest BCUT2D eigenvalue weighted by Crippen LogP contribution is -2.54. The molecular formula is C23H29NO6. The van der Waals surface area contributed by atoms with E-state index in [9.17, 15) is 19.8 Å². The van der Waals surface area contributed by atoms with Crippen LogP contribution in [0.5, 0.6) is 0 Å². The molecule has 0 aromatic heterocycles. The fourth-order valence-corrected chi connectivity index (χ4v) is 7.84. The highest BCUT2D eigenvalue weighted by atomic mass is 16.6. The normalized spacial score (nSPS) is 51.4. The van der Waals surface area contributed by atoms with Gasteiger partial charge in [0.05, 0.1) is 24.7 Å². The second-order valence-electron chi connectivity index (χ2n) is 10.5. The van der Waals surface area contributed by atoms with Crippen molar-refractivity contribution in [2.45, 2.75) is 50.4 Å². The van der Waals surface area contributed by atoms with Gasteiger partial charge in [0, 0.05) is 19.0 Å². The third-order valence-electron chi connectivity index (χ3n) is 9.28. The lowest BCUT2D eigenvalue weighted by molar-refractivity contribution is -0.156. The molecule has 2 aliphatic heterocycles. The topological polar surface area (TPSA) is 96.3 Å². The van der Waals surface area contributed by atoms with Crippen molar-refractivity contribution >= 4 is 11.9 Å². The lowest BCUT2D eigenvalue weighted by atomic mass is 9.60. The summed E-state index contributed by atoms with van der Waals surface area (Å²) in [6.07, 6.45) is 2.80. The Balaban J connectivity index is 1.53. The van der Waals surface area contributed by atoms with Crippen molar-refractivity contribution in [1.82, 2.24) is 4.90 Å². The first-order chi connectivity index (χ1) is 14.2. The van der Waals surface area contributed by atoms with Crippen molar-refractivity contribution in [2.75, 3.05) is 26.3 Å². The Kier molecular flexibility index (Phi) is 3.65. The number of fused-ring (bicyclic) bond motifs is 6. The van der Waals surface area contributed by atoms with Gasteiger partial charge in [-0.15, -0.1) is 0 Å². The van der Waals surface area contributed by atoms with E-state index in [1.54, 1.807) is 6.92 Å². The lowest BCUT2D eigenvalue weighted by Gasteiger charge is -2.44. The van der Waals surface area contributed by atoms with Gasteiger partial charge < -0.3 is 24.6 Å². The maximum Gasteiger partial charge on any atom is 0.315 e. The first-order valence-electron chi connectivity index (χ1n) is 11.1. The molecule has 4 aliphatic carbocycles. The maximum absolute atomic E-state index is 14.0. The van der Waals surface area contributed by atoms with Gasteiger partial charge >= 0.3 is 5.97 Å². The minimum atomic E-state index is -1.14. The summed E-state index contributed by atoms with van der Waals surface area (Å²) < 4.78 is 11.0. The van der Waals surface area contributed by atoms with E-state index < -0.39 is 46.4 Å². The molecule has 162 valence electrons. The van der Waals surface area contributed by atoms with E-state index in [2.05, 4.69) is 6.58 Å². The Morgan fingerprint density at radius 3 is 2.80 bits per heavy atom. The zero-order valence-electron chi connectivity index (χ0n) is 17.3. The number of hydrogen-bond donors (Lipinski definition) is 2. The van der Waals surface area contributed by atoms with Crippen LogP contribution in [0.4, 0.5) is 0 Å². The Morgan fingerprint density at radius 1 is 1.33 bits per heavy atom. The summed E-state index contributed by atoms with van der Waals surface area (Å²) in [6, 6.07) is 0. The minimum absolute atomic E-state index is 0.0159. The van der Waals surface area contributed by atoms with Crippen LogP contribution in [0.25, 0.3) is 0 Å². The molecule has 6 rings (SSSR count). The zero-order chi connectivity index (χ0) is 21.1. The first kappa shape index (κ1) is 19.0. The van der Waals surface area contributed by atoms with Gasteiger partial charge in [-0.25, -0.2) is 0 Å². The SMILES string of the molecule is C=C1C[C@]23C[C@@]1(O)CC[C@H]2C1=C[C@H]2OC(=O)[C@@](C)([C@H]1[C@@H]3C(=O)N1CCOCC1)[C@H]2O. The molecule has 7 nitrogen and oxygen atoms in total. The Bertz CT molecular complexity index is 892. The Morgan fingerprint density at radius 2 is 2.07 bits per heavy atom. The molecule has 2 N–H and O–H groups in total. The van der Waals surface area contributed by atoms with E-state index in [1.165, 1.54) is 0 Å². The van der Waals surface area contributed by atoms with Crippen molar-refractivity contribution in [3.63, 3.8) is 0 Å². The maximum atomic E-state index is 14.0. The summed E-state index contributed by atoms with van der Waals surface area (Å²) in [5.74, 6) is -1.20. The van der Waals surface area contributed by atoms with Gasteiger partial charge in [-0.2, -0.15) is 0 Å². The standard InChI is InChI=1S/C23H29NO6/c1-12-10-22-11-23(12,28)4-3-14(22)13-9-15-18(25)21(2,20(27)30-15)16(13)17(22)19(26)24-5-7-29-8-6-24/h9,14-18,25,28H,1,3-8,10-11H2,2H3/t14-,15+,16+,17+,18-,21-,22-,23-/m0/s1. The highest BCUT2D eigenvalue weighted by molar-refractivity contribution is 5.88. The Hall–Kier alpha value is -1.70. The molecular weight excluding hydrogens is 386 g/mol. The van der Waals surface area contributed by atoms with Crippen molar-refractivity contribution in [1.29, 1.82) is 0 Å². The fraction of sp³-hybridized carbons (Fsp3) is 0.739. The second kappa shape index (κ2) is 5.75. The zero-order valence-corrected chi connectivity index (χ0v) is 17.3. The van der Waals surface area contributed by atoms with Gasteiger partial charge in [-0.05, 0) is 55.6 Å². The summed E-state index contributed by atoms with van der Waals surface area (Å²) in [6.45, 7) is 8.01. The van der Waals surface area contributed by atoms with Gasteiger partial charge in [0.1, 0.15) is 17.6 Å². The van der Waals surface area contributed by atoms with Crippen LogP contribution in [0.1, 0.15) is 32.6 Å². The molecule has 5 fully saturated rings. The highest BCUT2D eigenvalue weighted by Gasteiger charge is 2.75. The van der Waals surface area contributed by atoms with Crippen LogP contribution in [-0.4, -0.2) is 71.1 Å². The van der Waals surface area contributed by atoms with E-state index in [-0.39, 0.29) is 11.8 Å². The molecule has 8 atom stereocenters. The van der Waals surface area contributed by atoms with Crippen LogP contribution in [0.2, 0.25) is 0 Å². The number of aliphatic hydroxyl groups excluding tert-OH is 1. The molecule has 0 aromatic rings. The molecule has 3 saturated carbocycles. The van der Waals surface area contributed by atoms with Gasteiger partial charge in [-0.1, -0.05) is 12.2 Å². The number of aliphatic hydroxyl groups is 2. The molecule has 0 radical (unpaired) electrons. The van der Waals surface area contributed by atoms with Gasteiger partial charge in [0.25, 0.3) is 0 Å². The number of amides is 1. The predicted molar refractivity (Wildman–Crippen MR) is 105 cm³/mol. The van der Waals surface area contributed by atoms with Crippen molar-refractivity contribution < 1.29 is 29.3 Å². The summed E-state index contributed by atoms with van der Waals surface area (Å²) in [7, 11) is 0. The number of rotatable bonds is 1. The van der Waals surface area contributed by atoms with E-state index in [1.807, 2.05) is 11.0 Å². The number of carbonyl (C=O) groups is 2. The predicted octanol–water partition coefficient (Wildman–Crippen LogP) is 0.801. The average molecular weight is 415 g/mol. The molecule has 0 unspecified atom stereocenters. The molecule has 30 heavy (non-hydrogen) atoms. The number of hydrogen-bond acceptors (Lipinski definition) is 6. The van der Waals surface area contributed by atoms with Crippen LogP contribution < -0.4 is 0 Å². The van der Waals surface area contributed by atoms with Crippen LogP contribution in [0.3, 0.4) is 0 Å². The average Bonchev–Trinajstić information content (AvgIpc) is 3.16. The summed E-state index contributed by atoms with van der Waals surface area (Å²) >= 11 is 0. The number of ether oxygens (including phenoxy) is 2. The van der Waals surface area contributed by atoms with Crippen LogP contribution in [0.15, 0.2) is 23.8 Å². The molecule has 0 aromatic carbocycles. The number of morpholine rings is 1. The molecule has 4 bridgehead atoms. The fourth-order valence-electron chi connectivity index (χ4n) is 7.84.